The van der Waals surface area contributed by atoms with Gasteiger partial charge in [-0.3, -0.25) is 0 Å². The Morgan fingerprint density at radius 3 is 1.11 bits per heavy atom. The summed E-state index contributed by atoms with van der Waals surface area (Å²) in [7, 11) is 17.2. The fraction of sp³-hybridized carbons (Fsp3) is 0.400. The monoisotopic (exact) mass is 642 g/mol. The average molecular weight is 644 g/mol. The summed E-state index contributed by atoms with van der Waals surface area (Å²) >= 11 is 14.9. The molecule has 164 valence electrons. The summed E-state index contributed by atoms with van der Waals surface area (Å²) in [5.41, 5.74) is 2.47. The van der Waals surface area contributed by atoms with E-state index < -0.39 is 0 Å². The van der Waals surface area contributed by atoms with Gasteiger partial charge in [-0.1, -0.05) is 59.7 Å². The van der Waals surface area contributed by atoms with Crippen LogP contribution in [-0.2, 0) is 61.6 Å². The predicted octanol–water partition coefficient (Wildman–Crippen LogP) is 5.80. The summed E-state index contributed by atoms with van der Waals surface area (Å²) < 4.78 is 0. The Morgan fingerprint density at radius 1 is 0.643 bits per heavy atom. The second kappa shape index (κ2) is 18.5. The van der Waals surface area contributed by atoms with Crippen molar-refractivity contribution in [3.63, 3.8) is 0 Å². The third-order valence-corrected chi connectivity index (χ3v) is 5.03. The summed E-state index contributed by atoms with van der Waals surface area (Å²) in [5.74, 6) is 0. The summed E-state index contributed by atoms with van der Waals surface area (Å²) in [6.07, 6.45) is 0. The van der Waals surface area contributed by atoms with E-state index in [0.29, 0.717) is 12.1 Å². The predicted molar refractivity (Wildman–Crippen MR) is 120 cm³/mol. The molecular formula is C20H28Cl2N2Pd2S2. The first-order chi connectivity index (χ1) is 13.3. The van der Waals surface area contributed by atoms with Crippen LogP contribution in [0.2, 0.25) is 0 Å². The van der Waals surface area contributed by atoms with Crippen LogP contribution in [0.15, 0.2) is 58.3 Å². The average Bonchev–Trinajstić information content (AvgIpc) is 2.71. The SMILES string of the molecule is CC(c1ccccc1[S-])N(C)C.CC(c1ccccc1[S-])N(C)C.[Cl][Pd+].[Cl][Pd+]. The molecule has 0 radical (unpaired) electrons. The fourth-order valence-electron chi connectivity index (χ4n) is 2.21. The molecule has 2 unspecified atom stereocenters. The number of hydrogen-bond donors (Lipinski definition) is 0. The molecule has 0 heterocycles. The standard InChI is InChI=1S/2C10H15NS.2ClH.2Pd/c2*1-8(11(2)3)9-6-4-5-7-10(9)12;;;;/h2*4-8,12H,1-3H3;2*1H;;/q;;;;2*+2/p-4. The van der Waals surface area contributed by atoms with Crippen LogP contribution in [0.4, 0.5) is 0 Å². The van der Waals surface area contributed by atoms with Gasteiger partial charge in [0, 0.05) is 12.1 Å². The van der Waals surface area contributed by atoms with Gasteiger partial charge in [-0.25, -0.2) is 0 Å². The van der Waals surface area contributed by atoms with E-state index in [0.717, 1.165) is 9.79 Å². The van der Waals surface area contributed by atoms with Crippen LogP contribution in [0, 0.1) is 0 Å². The summed E-state index contributed by atoms with van der Waals surface area (Å²) in [6.45, 7) is 4.32. The molecule has 28 heavy (non-hydrogen) atoms. The molecule has 0 amide bonds. The molecule has 0 aromatic heterocycles. The zero-order chi connectivity index (χ0) is 22.3. The number of nitrogens with zero attached hydrogens (tertiary/aromatic N) is 2. The molecule has 2 atom stereocenters. The van der Waals surface area contributed by atoms with Crippen LogP contribution in [0.5, 0.6) is 0 Å². The van der Waals surface area contributed by atoms with Crippen molar-refractivity contribution in [1.82, 2.24) is 9.80 Å². The van der Waals surface area contributed by atoms with E-state index >= 15 is 0 Å². The Balaban J connectivity index is 0. The van der Waals surface area contributed by atoms with Crippen LogP contribution in [0.1, 0.15) is 37.1 Å². The van der Waals surface area contributed by atoms with E-state index in [1.807, 2.05) is 36.4 Å². The first-order valence-corrected chi connectivity index (χ1v) is 13.2. The molecule has 0 aliphatic carbocycles. The summed E-state index contributed by atoms with van der Waals surface area (Å²) in [5, 5.41) is 0. The van der Waals surface area contributed by atoms with Gasteiger partial charge in [0.05, 0.1) is 0 Å². The van der Waals surface area contributed by atoms with E-state index in [1.165, 1.54) is 11.1 Å². The minimum atomic E-state index is 0.402. The van der Waals surface area contributed by atoms with Crippen LogP contribution in [0.3, 0.4) is 0 Å². The van der Waals surface area contributed by atoms with Crippen LogP contribution >= 0.6 is 19.1 Å². The van der Waals surface area contributed by atoms with E-state index in [-0.39, 0.29) is 0 Å². The normalized spacial score (nSPS) is 11.9. The Kier molecular flexibility index (Phi) is 20.4. The molecule has 0 aliphatic rings. The van der Waals surface area contributed by atoms with E-state index in [1.54, 1.807) is 0 Å². The van der Waals surface area contributed by atoms with Gasteiger partial charge in [-0.05, 0) is 42.0 Å². The van der Waals surface area contributed by atoms with E-state index in [4.69, 9.17) is 25.3 Å². The van der Waals surface area contributed by atoms with Gasteiger partial charge < -0.3 is 35.1 Å². The molecule has 0 bridgehead atoms. The molecule has 2 aromatic carbocycles. The molecule has 8 heteroatoms. The van der Waals surface area contributed by atoms with Crippen molar-refractivity contribution >= 4 is 44.3 Å². The summed E-state index contributed by atoms with van der Waals surface area (Å²) in [6, 6.07) is 17.0. The third kappa shape index (κ3) is 11.8. The number of rotatable bonds is 4. The van der Waals surface area contributed by atoms with Crippen molar-refractivity contribution in [3.05, 3.63) is 59.7 Å². The van der Waals surface area contributed by atoms with Gasteiger partial charge in [0.25, 0.3) is 0 Å². The molecule has 0 spiro atoms. The fourth-order valence-corrected chi connectivity index (χ4v) is 2.84. The molecule has 0 fully saturated rings. The maximum atomic E-state index is 5.22. The summed E-state index contributed by atoms with van der Waals surface area (Å²) in [4.78, 5) is 6.23. The molecule has 0 saturated heterocycles. The zero-order valence-corrected chi connectivity index (χ0v) is 23.1. The minimum absolute atomic E-state index is 0.402. The van der Waals surface area contributed by atoms with Crippen molar-refractivity contribution in [2.24, 2.45) is 0 Å². The number of halogens is 2. The van der Waals surface area contributed by atoms with Gasteiger partial charge in [-0.15, -0.1) is 0 Å². The number of benzene rings is 2. The molecule has 0 aliphatic heterocycles. The third-order valence-electron chi connectivity index (χ3n) is 4.29. The maximum absolute atomic E-state index is 5.22. The molecule has 0 N–H and O–H groups in total. The second-order valence-corrected chi connectivity index (χ2v) is 7.23. The Morgan fingerprint density at radius 2 is 0.893 bits per heavy atom. The quantitative estimate of drug-likeness (QED) is 0.307. The van der Waals surface area contributed by atoms with Crippen molar-refractivity contribution in [2.45, 2.75) is 35.7 Å². The van der Waals surface area contributed by atoms with Crippen LogP contribution in [-0.4, -0.2) is 38.0 Å². The topological polar surface area (TPSA) is 6.48 Å². The number of hydrogen-bond acceptors (Lipinski definition) is 4. The van der Waals surface area contributed by atoms with Crippen LogP contribution < -0.4 is 0 Å². The Labute approximate surface area is 212 Å². The second-order valence-electron chi connectivity index (χ2n) is 6.35. The molecule has 2 nitrogen and oxygen atoms in total. The van der Waals surface area contributed by atoms with Crippen molar-refractivity contribution in [1.29, 1.82) is 0 Å². The van der Waals surface area contributed by atoms with Gasteiger partial charge >= 0.3 is 55.4 Å². The van der Waals surface area contributed by atoms with Gasteiger partial charge in [0.1, 0.15) is 0 Å². The molecule has 2 rings (SSSR count). The zero-order valence-electron chi connectivity index (χ0n) is 16.9. The van der Waals surface area contributed by atoms with Crippen LogP contribution in [0.25, 0.3) is 0 Å². The Hall–Kier alpha value is 0.705. The molecular weight excluding hydrogens is 616 g/mol. The van der Waals surface area contributed by atoms with Gasteiger partial charge in [0.15, 0.2) is 0 Å². The molecule has 0 saturated carbocycles. The first-order valence-electron chi connectivity index (χ1n) is 8.34. The van der Waals surface area contributed by atoms with Crippen molar-refractivity contribution in [3.8, 4) is 0 Å². The van der Waals surface area contributed by atoms with Gasteiger partial charge in [0.2, 0.25) is 0 Å². The van der Waals surface area contributed by atoms with Crippen molar-refractivity contribution < 1.29 is 36.4 Å². The first kappa shape index (κ1) is 30.9. The van der Waals surface area contributed by atoms with Crippen molar-refractivity contribution in [2.75, 3.05) is 28.2 Å². The van der Waals surface area contributed by atoms with E-state index in [2.05, 4.69) is 119 Å². The molecule has 2 aromatic rings. The van der Waals surface area contributed by atoms with E-state index in [9.17, 15) is 0 Å². The Bertz CT molecular complexity index is 592. The van der Waals surface area contributed by atoms with Gasteiger partial charge in [-0.2, -0.15) is 9.79 Å².